The molecule has 2 aromatic heterocycles. The Labute approximate surface area is 159 Å². The molecule has 1 aliphatic heterocycles. The monoisotopic (exact) mass is 391 g/mol. The Hall–Kier alpha value is -2.68. The van der Waals surface area contributed by atoms with Crippen molar-refractivity contribution in [3.05, 3.63) is 35.7 Å². The maximum Gasteiger partial charge on any atom is 0.416 e. The van der Waals surface area contributed by atoms with Crippen LogP contribution in [0, 0.1) is 6.92 Å². The molecule has 1 fully saturated rings. The van der Waals surface area contributed by atoms with Crippen LogP contribution < -0.4 is 0 Å². The number of benzene rings is 1. The van der Waals surface area contributed by atoms with Crippen molar-refractivity contribution >= 4 is 11.2 Å². The molecule has 148 valence electrons. The highest BCUT2D eigenvalue weighted by molar-refractivity contribution is 5.83. The van der Waals surface area contributed by atoms with E-state index >= 15 is 0 Å². The van der Waals surface area contributed by atoms with Gasteiger partial charge in [0, 0.05) is 23.7 Å². The molecule has 0 spiro atoms. The third kappa shape index (κ3) is 3.19. The summed E-state index contributed by atoms with van der Waals surface area (Å²) in [6.45, 7) is 3.74. The van der Waals surface area contributed by atoms with E-state index in [-0.39, 0.29) is 11.6 Å². The van der Waals surface area contributed by atoms with Gasteiger partial charge in [0.05, 0.1) is 11.9 Å². The van der Waals surface area contributed by atoms with Gasteiger partial charge in [0.2, 0.25) is 0 Å². The van der Waals surface area contributed by atoms with Crippen LogP contribution in [0.4, 0.5) is 13.2 Å². The average molecular weight is 391 g/mol. The molecule has 4 rings (SSSR count). The minimum absolute atomic E-state index is 0.201. The first-order valence-corrected chi connectivity index (χ1v) is 9.04. The van der Waals surface area contributed by atoms with E-state index in [1.165, 1.54) is 6.07 Å². The maximum absolute atomic E-state index is 12.8. The fourth-order valence-corrected chi connectivity index (χ4v) is 3.80. The minimum atomic E-state index is -4.52. The lowest BCUT2D eigenvalue weighted by molar-refractivity contribution is -0.137. The zero-order valence-corrected chi connectivity index (χ0v) is 15.5. The normalized spacial score (nSPS) is 18.7. The number of halogens is 3. The first kappa shape index (κ1) is 18.7. The van der Waals surface area contributed by atoms with Gasteiger partial charge in [-0.25, -0.2) is 4.98 Å². The summed E-state index contributed by atoms with van der Waals surface area (Å²) in [6, 6.07) is 3.10. The number of aromatic hydroxyl groups is 1. The Kier molecular flexibility index (Phi) is 4.49. The largest absolute Gasteiger partial charge is 0.507 e. The van der Waals surface area contributed by atoms with Crippen molar-refractivity contribution in [2.75, 3.05) is 20.1 Å². The number of rotatable bonds is 2. The van der Waals surface area contributed by atoms with Crippen molar-refractivity contribution in [3.63, 3.8) is 0 Å². The molecule has 1 atom stereocenters. The number of imidazole rings is 1. The number of nitrogens with zero attached hydrogens (tertiary/aromatic N) is 5. The van der Waals surface area contributed by atoms with E-state index in [4.69, 9.17) is 0 Å². The Balaban J connectivity index is 1.75. The van der Waals surface area contributed by atoms with Crippen LogP contribution in [0.1, 0.15) is 30.0 Å². The number of hydrogen-bond donors (Lipinski definition) is 1. The molecule has 0 saturated carbocycles. The first-order chi connectivity index (χ1) is 13.3. The van der Waals surface area contributed by atoms with Crippen LogP contribution in [-0.4, -0.2) is 49.9 Å². The second-order valence-corrected chi connectivity index (χ2v) is 7.29. The zero-order chi connectivity index (χ0) is 20.1. The van der Waals surface area contributed by atoms with Crippen LogP contribution in [0.5, 0.6) is 5.75 Å². The summed E-state index contributed by atoms with van der Waals surface area (Å²) in [6.07, 6.45) is -0.665. The molecular weight excluding hydrogens is 371 g/mol. The number of aryl methyl sites for hydroxylation is 1. The van der Waals surface area contributed by atoms with Crippen LogP contribution >= 0.6 is 0 Å². The molecule has 0 aliphatic carbocycles. The van der Waals surface area contributed by atoms with Crippen LogP contribution in [0.3, 0.4) is 0 Å². The molecule has 0 bridgehead atoms. The van der Waals surface area contributed by atoms with Crippen LogP contribution in [0.15, 0.2) is 24.5 Å². The molecule has 0 amide bonds. The third-order valence-corrected chi connectivity index (χ3v) is 5.30. The van der Waals surface area contributed by atoms with Gasteiger partial charge >= 0.3 is 6.18 Å². The van der Waals surface area contributed by atoms with Gasteiger partial charge in [0.15, 0.2) is 5.65 Å². The molecule has 6 nitrogen and oxygen atoms in total. The predicted molar refractivity (Wildman–Crippen MR) is 97.9 cm³/mol. The lowest BCUT2D eigenvalue weighted by Crippen LogP contribution is -2.33. The van der Waals surface area contributed by atoms with Crippen LogP contribution in [0.2, 0.25) is 0 Å². The number of fused-ring (bicyclic) bond motifs is 1. The highest BCUT2D eigenvalue weighted by Gasteiger charge is 2.31. The molecule has 1 N–H and O–H groups in total. The Morgan fingerprint density at radius 1 is 1.21 bits per heavy atom. The number of likely N-dealkylation sites (N-methyl/N-ethyl adjacent to an activating group) is 1. The molecule has 1 aromatic carbocycles. The number of alkyl halides is 3. The van der Waals surface area contributed by atoms with Crippen molar-refractivity contribution in [1.82, 2.24) is 24.6 Å². The molecular formula is C19H20F3N5O. The third-order valence-electron chi connectivity index (χ3n) is 5.30. The Morgan fingerprint density at radius 2 is 2.00 bits per heavy atom. The van der Waals surface area contributed by atoms with E-state index < -0.39 is 17.5 Å². The van der Waals surface area contributed by atoms with Gasteiger partial charge in [-0.15, -0.1) is 10.2 Å². The number of piperidine rings is 1. The molecule has 0 unspecified atom stereocenters. The summed E-state index contributed by atoms with van der Waals surface area (Å²) in [5.41, 5.74) is 1.57. The summed E-state index contributed by atoms with van der Waals surface area (Å²) >= 11 is 0. The summed E-state index contributed by atoms with van der Waals surface area (Å²) in [5.74, 6) is -0.486. The maximum atomic E-state index is 12.8. The lowest BCUT2D eigenvalue weighted by Gasteiger charge is -2.30. The highest BCUT2D eigenvalue weighted by Crippen LogP contribution is 2.37. The molecule has 1 aliphatic rings. The number of phenols is 1. The smallest absolute Gasteiger partial charge is 0.416 e. The predicted octanol–water partition coefficient (Wildman–Crippen LogP) is 3.79. The van der Waals surface area contributed by atoms with Crippen molar-refractivity contribution in [2.45, 2.75) is 32.0 Å². The highest BCUT2D eigenvalue weighted by atomic mass is 19.4. The van der Waals surface area contributed by atoms with Crippen LogP contribution in [0.25, 0.3) is 22.4 Å². The van der Waals surface area contributed by atoms with Gasteiger partial charge in [-0.3, -0.25) is 0 Å². The van der Waals surface area contributed by atoms with Gasteiger partial charge in [0.1, 0.15) is 17.0 Å². The minimum Gasteiger partial charge on any atom is -0.507 e. The van der Waals surface area contributed by atoms with Gasteiger partial charge < -0.3 is 14.6 Å². The summed E-state index contributed by atoms with van der Waals surface area (Å²) in [4.78, 5) is 6.73. The van der Waals surface area contributed by atoms with Crippen LogP contribution in [-0.2, 0) is 6.18 Å². The number of likely N-dealkylation sites (tertiary alicyclic amines) is 1. The van der Waals surface area contributed by atoms with E-state index in [0.717, 1.165) is 32.0 Å². The van der Waals surface area contributed by atoms with E-state index in [2.05, 4.69) is 27.1 Å². The van der Waals surface area contributed by atoms with E-state index in [1.807, 2.05) is 4.57 Å². The SMILES string of the molecule is Cc1c(-c2ccc(C(F)(F)F)cc2O)nnc2c1ncn2[C@@H]1CCCN(C)C1. The average Bonchev–Trinajstić information content (AvgIpc) is 3.07. The van der Waals surface area contributed by atoms with Crippen molar-refractivity contribution < 1.29 is 18.3 Å². The summed E-state index contributed by atoms with van der Waals surface area (Å²) in [7, 11) is 2.08. The van der Waals surface area contributed by atoms with Crippen molar-refractivity contribution in [2.24, 2.45) is 0 Å². The van der Waals surface area contributed by atoms with Crippen molar-refractivity contribution in [1.29, 1.82) is 0 Å². The van der Waals surface area contributed by atoms with E-state index in [0.29, 0.717) is 28.5 Å². The lowest BCUT2D eigenvalue weighted by atomic mass is 10.0. The first-order valence-electron chi connectivity index (χ1n) is 9.04. The fraction of sp³-hybridized carbons (Fsp3) is 0.421. The Morgan fingerprint density at radius 3 is 2.68 bits per heavy atom. The van der Waals surface area contributed by atoms with Gasteiger partial charge in [-0.1, -0.05) is 0 Å². The van der Waals surface area contributed by atoms with Gasteiger partial charge in [-0.2, -0.15) is 13.2 Å². The molecule has 9 heteroatoms. The molecule has 0 radical (unpaired) electrons. The molecule has 28 heavy (non-hydrogen) atoms. The number of aromatic nitrogens is 4. The van der Waals surface area contributed by atoms with Gasteiger partial charge in [0.25, 0.3) is 0 Å². The summed E-state index contributed by atoms with van der Waals surface area (Å²) < 4.78 is 40.5. The van der Waals surface area contributed by atoms with E-state index in [9.17, 15) is 18.3 Å². The molecule has 1 saturated heterocycles. The standard InChI is InChI=1S/C19H20F3N5O/c1-11-16(14-6-5-12(8-15(14)28)19(20,21)22)24-25-18-17(11)23-10-27(18)13-4-3-7-26(2)9-13/h5-6,8,10,13,28H,3-4,7,9H2,1-2H3/t13-/m1/s1. The molecule has 3 aromatic rings. The zero-order valence-electron chi connectivity index (χ0n) is 15.5. The second kappa shape index (κ2) is 6.73. The fourth-order valence-electron chi connectivity index (χ4n) is 3.80. The topological polar surface area (TPSA) is 67.1 Å². The number of phenolic OH excluding ortho intramolecular Hbond substituents is 1. The van der Waals surface area contributed by atoms with Gasteiger partial charge in [-0.05, 0) is 51.6 Å². The number of hydrogen-bond acceptors (Lipinski definition) is 5. The molecule has 3 heterocycles. The summed E-state index contributed by atoms with van der Waals surface area (Å²) in [5, 5.41) is 18.6. The van der Waals surface area contributed by atoms with E-state index in [1.54, 1.807) is 13.3 Å². The van der Waals surface area contributed by atoms with Crippen molar-refractivity contribution in [3.8, 4) is 17.0 Å². The second-order valence-electron chi connectivity index (χ2n) is 7.29. The Bertz CT molecular complexity index is 1030. The quantitative estimate of drug-likeness (QED) is 0.720.